The fourth-order valence-electron chi connectivity index (χ4n) is 9.19. The number of hydrogen-bond acceptors (Lipinski definition) is 10. The van der Waals surface area contributed by atoms with Crippen molar-refractivity contribution in [2.75, 3.05) is 20.3 Å². The minimum atomic E-state index is -3.86. The van der Waals surface area contributed by atoms with E-state index in [1.165, 1.54) is 0 Å². The summed E-state index contributed by atoms with van der Waals surface area (Å²) in [6.45, 7) is 4.36. The number of benzene rings is 2. The second kappa shape index (κ2) is 17.4. The fourth-order valence-corrected chi connectivity index (χ4v) is 10.6. The van der Waals surface area contributed by atoms with Gasteiger partial charge in [-0.3, -0.25) is 23.9 Å². The predicted octanol–water partition coefficient (Wildman–Crippen LogP) is 7.74. The standard InChI is InChI=1S/C48H57N3O9S/c1-47(2)21-13-12-16-32-22-37-39(26-42(32)58-3)49-38(31-14-9-7-10-15-31)25-43(37)60-35-24-40-41(52)28-48(46(55)50-61(56,57)36-19-20-36)27-34(48)18-11-6-4-5-8-17-33(23-44(53)59-30-47)45(54)51(40)29-35/h7,9-12,14-16,18,22,25-26,33-36,40H,4-6,8,13,17,19-21,23-24,27-30H2,1-3H3,(H,50,55)/b16-12+,18-11-/t33-,34-,35-,40+,48-/m1/s1. The van der Waals surface area contributed by atoms with Gasteiger partial charge in [-0.1, -0.05) is 81.3 Å². The lowest BCUT2D eigenvalue weighted by Gasteiger charge is -2.29. The van der Waals surface area contributed by atoms with Gasteiger partial charge >= 0.3 is 5.97 Å². The van der Waals surface area contributed by atoms with Crippen LogP contribution < -0.4 is 14.2 Å². The molecule has 2 amide bonds. The molecule has 1 saturated heterocycles. The molecule has 1 N–H and O–H groups in total. The summed E-state index contributed by atoms with van der Waals surface area (Å²) in [6, 6.07) is 14.6. The first-order chi connectivity index (χ1) is 29.2. The van der Waals surface area contributed by atoms with E-state index in [0.29, 0.717) is 54.8 Å². The highest BCUT2D eigenvalue weighted by atomic mass is 32.2. The van der Waals surface area contributed by atoms with Crippen LogP contribution in [-0.4, -0.2) is 79.5 Å². The normalized spacial score (nSPS) is 28.5. The molecule has 13 heteroatoms. The molecule has 2 aromatic carbocycles. The van der Waals surface area contributed by atoms with Crippen molar-refractivity contribution in [3.8, 4) is 22.8 Å². The molecule has 3 aliphatic heterocycles. The molecule has 12 nitrogen and oxygen atoms in total. The third-order valence-electron chi connectivity index (χ3n) is 13.1. The topological polar surface area (TPSA) is 158 Å². The van der Waals surface area contributed by atoms with E-state index in [9.17, 15) is 27.6 Å². The maximum absolute atomic E-state index is 14.9. The van der Waals surface area contributed by atoms with Crippen molar-refractivity contribution in [2.24, 2.45) is 22.7 Å². The van der Waals surface area contributed by atoms with Crippen LogP contribution in [0.3, 0.4) is 0 Å². The molecule has 324 valence electrons. The van der Waals surface area contributed by atoms with Crippen molar-refractivity contribution in [1.82, 2.24) is 14.6 Å². The van der Waals surface area contributed by atoms with Crippen molar-refractivity contribution in [3.05, 3.63) is 72.3 Å². The summed E-state index contributed by atoms with van der Waals surface area (Å²) >= 11 is 0. The summed E-state index contributed by atoms with van der Waals surface area (Å²) in [6.07, 6.45) is 13.5. The van der Waals surface area contributed by atoms with Crippen LogP contribution in [0.5, 0.6) is 11.5 Å². The zero-order chi connectivity index (χ0) is 42.9. The molecular formula is C48H57N3O9S. The Kier molecular flexibility index (Phi) is 12.1. The zero-order valence-electron chi connectivity index (χ0n) is 35.4. The highest BCUT2D eigenvalue weighted by Gasteiger charge is 2.61. The molecule has 2 aliphatic carbocycles. The van der Waals surface area contributed by atoms with Crippen molar-refractivity contribution < 1.29 is 41.8 Å². The number of hydrogen-bond donors (Lipinski definition) is 1. The van der Waals surface area contributed by atoms with E-state index in [0.717, 1.165) is 48.6 Å². The van der Waals surface area contributed by atoms with Gasteiger partial charge < -0.3 is 19.1 Å². The van der Waals surface area contributed by atoms with Gasteiger partial charge in [-0.25, -0.2) is 13.4 Å². The van der Waals surface area contributed by atoms with E-state index >= 15 is 0 Å². The first-order valence-electron chi connectivity index (χ1n) is 21.9. The Balaban J connectivity index is 1.20. The average Bonchev–Trinajstić information content (AvgIpc) is 4.17. The Hall–Kier alpha value is -5.04. The SMILES string of the molecule is COc1cc2nc(-c3ccccc3)cc3c2cc1/C=C/CCC(C)(C)COC(=O)C[C@H]1CCCCC/C=C\[C@@H]2C[C@@]2(C(=O)NS(=O)(=O)C2CC2)CC(=O)[C@@H]2C[C@H](CN2C1=O)O3. The Morgan fingerprint density at radius 1 is 0.984 bits per heavy atom. The van der Waals surface area contributed by atoms with Crippen LogP contribution in [-0.2, 0) is 33.9 Å². The number of carbonyl (C=O) groups excluding carboxylic acids is 4. The minimum absolute atomic E-state index is 0.0693. The zero-order valence-corrected chi connectivity index (χ0v) is 36.2. The Bertz CT molecular complexity index is 2360. The van der Waals surface area contributed by atoms with Gasteiger partial charge in [0.1, 0.15) is 17.6 Å². The molecule has 5 atom stereocenters. The summed E-state index contributed by atoms with van der Waals surface area (Å²) in [5.74, 6) is -1.66. The second-order valence-electron chi connectivity index (χ2n) is 18.5. The third kappa shape index (κ3) is 9.56. The van der Waals surface area contributed by atoms with E-state index in [-0.39, 0.29) is 55.4 Å². The van der Waals surface area contributed by atoms with Crippen LogP contribution >= 0.6 is 0 Å². The number of amides is 2. The van der Waals surface area contributed by atoms with Gasteiger partial charge in [0.2, 0.25) is 21.8 Å². The largest absolute Gasteiger partial charge is 0.496 e. The first kappa shape index (κ1) is 42.6. The number of methoxy groups -OCH3 is 1. The molecule has 4 heterocycles. The Morgan fingerprint density at radius 3 is 2.56 bits per heavy atom. The number of ether oxygens (including phenoxy) is 3. The van der Waals surface area contributed by atoms with Crippen molar-refractivity contribution in [3.63, 3.8) is 0 Å². The van der Waals surface area contributed by atoms with Crippen LogP contribution in [0, 0.1) is 22.7 Å². The van der Waals surface area contributed by atoms with Crippen LogP contribution in [0.15, 0.2) is 66.8 Å². The smallest absolute Gasteiger partial charge is 0.306 e. The summed E-state index contributed by atoms with van der Waals surface area (Å²) in [7, 11) is -2.24. The monoisotopic (exact) mass is 851 g/mol. The molecule has 3 fully saturated rings. The van der Waals surface area contributed by atoms with Crippen LogP contribution in [0.25, 0.3) is 28.2 Å². The third-order valence-corrected chi connectivity index (χ3v) is 15.0. The number of carbonyl (C=O) groups is 4. The van der Waals surface area contributed by atoms with Gasteiger partial charge in [0.05, 0.1) is 54.6 Å². The van der Waals surface area contributed by atoms with E-state index in [1.54, 1.807) is 12.0 Å². The molecule has 8 rings (SSSR count). The minimum Gasteiger partial charge on any atom is -0.496 e. The van der Waals surface area contributed by atoms with Gasteiger partial charge in [-0.05, 0) is 68.8 Å². The summed E-state index contributed by atoms with van der Waals surface area (Å²) in [5, 5.41) is 0.134. The number of ketones is 1. The number of Topliss-reactive ketones (excluding diaryl/α,β-unsaturated/α-hetero) is 1. The van der Waals surface area contributed by atoms with E-state index in [1.807, 2.05) is 66.8 Å². The van der Waals surface area contributed by atoms with Crippen LogP contribution in [0.2, 0.25) is 0 Å². The number of aromatic nitrogens is 1. The van der Waals surface area contributed by atoms with Gasteiger partial charge in [0.25, 0.3) is 0 Å². The summed E-state index contributed by atoms with van der Waals surface area (Å²) in [5.41, 5.74) is 1.44. The van der Waals surface area contributed by atoms with E-state index < -0.39 is 50.6 Å². The quantitative estimate of drug-likeness (QED) is 0.199. The molecule has 2 saturated carbocycles. The molecule has 5 aliphatic rings. The molecule has 1 aromatic heterocycles. The lowest BCUT2D eigenvalue weighted by molar-refractivity contribution is -0.152. The van der Waals surface area contributed by atoms with E-state index in [2.05, 4.69) is 24.6 Å². The van der Waals surface area contributed by atoms with Gasteiger partial charge in [0, 0.05) is 47.4 Å². The molecule has 3 aromatic rings. The highest BCUT2D eigenvalue weighted by molar-refractivity contribution is 7.90. The predicted molar refractivity (Wildman–Crippen MR) is 232 cm³/mol. The maximum atomic E-state index is 14.9. The lowest BCUT2D eigenvalue weighted by Crippen LogP contribution is -2.46. The number of allylic oxidation sites excluding steroid dienone is 3. The number of esters is 1. The first-order valence-corrected chi connectivity index (χ1v) is 23.4. The van der Waals surface area contributed by atoms with Crippen molar-refractivity contribution in [2.45, 2.75) is 115 Å². The Labute approximate surface area is 358 Å². The molecule has 5 bridgehead atoms. The molecular weight excluding hydrogens is 795 g/mol. The molecule has 61 heavy (non-hydrogen) atoms. The van der Waals surface area contributed by atoms with Gasteiger partial charge in [-0.15, -0.1) is 0 Å². The second-order valence-corrected chi connectivity index (χ2v) is 20.4. The number of cyclic esters (lactones) is 1. The maximum Gasteiger partial charge on any atom is 0.306 e. The molecule has 0 radical (unpaired) electrons. The van der Waals surface area contributed by atoms with Crippen molar-refractivity contribution in [1.29, 1.82) is 0 Å². The van der Waals surface area contributed by atoms with E-state index in [4.69, 9.17) is 19.2 Å². The number of rotatable bonds is 5. The van der Waals surface area contributed by atoms with Gasteiger partial charge in [-0.2, -0.15) is 0 Å². The number of pyridine rings is 1. The molecule has 0 spiro atoms. The Morgan fingerprint density at radius 2 is 1.79 bits per heavy atom. The van der Waals surface area contributed by atoms with Crippen molar-refractivity contribution >= 4 is 50.6 Å². The lowest BCUT2D eigenvalue weighted by atomic mass is 9.88. The number of nitrogens with zero attached hydrogens (tertiary/aromatic N) is 2. The van der Waals surface area contributed by atoms with Gasteiger partial charge in [0.15, 0.2) is 5.78 Å². The van der Waals surface area contributed by atoms with Crippen LogP contribution in [0.1, 0.15) is 103 Å². The number of sulfonamides is 1. The number of nitrogens with one attached hydrogen (secondary N) is 1. The number of fused-ring (bicyclic) bond motifs is 4. The summed E-state index contributed by atoms with van der Waals surface area (Å²) in [4.78, 5) is 63.8. The van der Waals surface area contributed by atoms with Crippen LogP contribution in [0.4, 0.5) is 0 Å². The fraction of sp³-hybridized carbons (Fsp3) is 0.521. The summed E-state index contributed by atoms with van der Waals surface area (Å²) < 4.78 is 47.0. The highest BCUT2D eigenvalue weighted by Crippen LogP contribution is 2.57. The average molecular weight is 852 g/mol. The molecule has 0 unspecified atom stereocenters.